The molecule has 0 saturated heterocycles. The van der Waals surface area contributed by atoms with E-state index >= 15 is 0 Å². The molecule has 84 valence electrons. The lowest BCUT2D eigenvalue weighted by molar-refractivity contribution is -0.122. The van der Waals surface area contributed by atoms with Crippen molar-refractivity contribution in [1.82, 2.24) is 5.32 Å². The minimum Gasteiger partial charge on any atom is -0.354 e. The maximum Gasteiger partial charge on any atom is 0.237 e. The number of benzene rings is 1. The summed E-state index contributed by atoms with van der Waals surface area (Å²) < 4.78 is 0. The Balaban J connectivity index is 2.26. The van der Waals surface area contributed by atoms with Crippen LogP contribution in [0.4, 0.5) is 0 Å². The van der Waals surface area contributed by atoms with Crippen molar-refractivity contribution in [1.29, 1.82) is 0 Å². The molecule has 0 fully saturated rings. The van der Waals surface area contributed by atoms with E-state index in [4.69, 9.17) is 12.2 Å². The summed E-state index contributed by atoms with van der Waals surface area (Å²) in [5.74, 6) is 2.18. The van der Waals surface area contributed by atoms with Crippen LogP contribution in [0, 0.1) is 12.3 Å². The first-order valence-corrected chi connectivity index (χ1v) is 5.24. The average Bonchev–Trinajstić information content (AvgIpc) is 2.30. The molecular formula is C13H16N2O. The van der Waals surface area contributed by atoms with Gasteiger partial charge in [-0.25, -0.2) is 0 Å². The standard InChI is InChI=1S/C13H16N2O/c1-2-6-12(14)13(16)15-10-9-11-7-4-3-5-8-11/h1,3-5,7-8,12H,6,9-10,14H2,(H,15,16). The van der Waals surface area contributed by atoms with Crippen LogP contribution in [0.2, 0.25) is 0 Å². The molecule has 0 heterocycles. The molecule has 1 rings (SSSR count). The minimum atomic E-state index is -0.597. The van der Waals surface area contributed by atoms with Gasteiger partial charge in [0.1, 0.15) is 0 Å². The Morgan fingerprint density at radius 3 is 2.75 bits per heavy atom. The first-order valence-electron chi connectivity index (χ1n) is 5.24. The lowest BCUT2D eigenvalue weighted by Gasteiger charge is -2.09. The molecule has 0 aliphatic carbocycles. The zero-order valence-electron chi connectivity index (χ0n) is 9.15. The highest BCUT2D eigenvalue weighted by Gasteiger charge is 2.10. The second-order valence-electron chi connectivity index (χ2n) is 3.54. The number of nitrogens with one attached hydrogen (secondary N) is 1. The first kappa shape index (κ1) is 12.3. The molecule has 0 spiro atoms. The predicted molar refractivity (Wildman–Crippen MR) is 64.6 cm³/mol. The van der Waals surface area contributed by atoms with Crippen LogP contribution in [0.15, 0.2) is 30.3 Å². The summed E-state index contributed by atoms with van der Waals surface area (Å²) in [7, 11) is 0. The van der Waals surface area contributed by atoms with Crippen LogP contribution < -0.4 is 11.1 Å². The molecule has 16 heavy (non-hydrogen) atoms. The molecule has 0 saturated carbocycles. The zero-order chi connectivity index (χ0) is 11.8. The third-order valence-corrected chi connectivity index (χ3v) is 2.23. The smallest absolute Gasteiger partial charge is 0.237 e. The molecule has 1 amide bonds. The Bertz CT molecular complexity index is 367. The second-order valence-corrected chi connectivity index (χ2v) is 3.54. The lowest BCUT2D eigenvalue weighted by atomic mass is 10.1. The van der Waals surface area contributed by atoms with E-state index in [1.807, 2.05) is 30.3 Å². The number of hydrogen-bond donors (Lipinski definition) is 2. The molecular weight excluding hydrogens is 200 g/mol. The summed E-state index contributed by atoms with van der Waals surface area (Å²) >= 11 is 0. The Morgan fingerprint density at radius 2 is 2.12 bits per heavy atom. The van der Waals surface area contributed by atoms with Crippen LogP contribution in [-0.2, 0) is 11.2 Å². The predicted octanol–water partition coefficient (Wildman–Crippen LogP) is 0.696. The molecule has 0 aliphatic heterocycles. The Labute approximate surface area is 96.0 Å². The highest BCUT2D eigenvalue weighted by molar-refractivity contribution is 5.81. The van der Waals surface area contributed by atoms with Gasteiger partial charge in [0.25, 0.3) is 0 Å². The molecule has 3 nitrogen and oxygen atoms in total. The third kappa shape index (κ3) is 4.16. The first-order chi connectivity index (χ1) is 7.74. The van der Waals surface area contributed by atoms with Crippen molar-refractivity contribution in [3.05, 3.63) is 35.9 Å². The van der Waals surface area contributed by atoms with E-state index in [0.717, 1.165) is 6.42 Å². The van der Waals surface area contributed by atoms with Crippen LogP contribution in [0.1, 0.15) is 12.0 Å². The monoisotopic (exact) mass is 216 g/mol. The van der Waals surface area contributed by atoms with Gasteiger partial charge < -0.3 is 11.1 Å². The van der Waals surface area contributed by atoms with Crippen LogP contribution in [-0.4, -0.2) is 18.5 Å². The van der Waals surface area contributed by atoms with E-state index in [2.05, 4.69) is 11.2 Å². The third-order valence-electron chi connectivity index (χ3n) is 2.23. The summed E-state index contributed by atoms with van der Waals surface area (Å²) in [6.07, 6.45) is 6.15. The summed E-state index contributed by atoms with van der Waals surface area (Å²) in [6.45, 7) is 0.584. The van der Waals surface area contributed by atoms with Crippen molar-refractivity contribution in [2.45, 2.75) is 18.9 Å². The molecule has 3 heteroatoms. The normalized spacial score (nSPS) is 11.5. The molecule has 3 N–H and O–H groups in total. The fourth-order valence-electron chi connectivity index (χ4n) is 1.33. The van der Waals surface area contributed by atoms with Crippen molar-refractivity contribution in [2.24, 2.45) is 5.73 Å². The van der Waals surface area contributed by atoms with Gasteiger partial charge in [0, 0.05) is 13.0 Å². The summed E-state index contributed by atoms with van der Waals surface area (Å²) in [5.41, 5.74) is 6.74. The maximum atomic E-state index is 11.4. The molecule has 0 aliphatic rings. The Hall–Kier alpha value is -1.79. The summed E-state index contributed by atoms with van der Waals surface area (Å²) in [6, 6.07) is 9.36. The number of carbonyl (C=O) groups excluding carboxylic acids is 1. The highest BCUT2D eigenvalue weighted by Crippen LogP contribution is 1.98. The average molecular weight is 216 g/mol. The highest BCUT2D eigenvalue weighted by atomic mass is 16.2. The van der Waals surface area contributed by atoms with Crippen molar-refractivity contribution >= 4 is 5.91 Å². The fourth-order valence-corrected chi connectivity index (χ4v) is 1.33. The SMILES string of the molecule is C#CCC(N)C(=O)NCCc1ccccc1. The van der Waals surface area contributed by atoms with Crippen LogP contribution in [0.25, 0.3) is 0 Å². The van der Waals surface area contributed by atoms with Gasteiger partial charge in [0.15, 0.2) is 0 Å². The maximum absolute atomic E-state index is 11.4. The molecule has 0 radical (unpaired) electrons. The summed E-state index contributed by atoms with van der Waals surface area (Å²) in [4.78, 5) is 11.4. The number of carbonyl (C=O) groups is 1. The van der Waals surface area contributed by atoms with Gasteiger partial charge in [-0.15, -0.1) is 12.3 Å². The van der Waals surface area contributed by atoms with Crippen LogP contribution in [0.3, 0.4) is 0 Å². The van der Waals surface area contributed by atoms with Crippen molar-refractivity contribution < 1.29 is 4.79 Å². The van der Waals surface area contributed by atoms with Crippen molar-refractivity contribution in [2.75, 3.05) is 6.54 Å². The van der Waals surface area contributed by atoms with E-state index < -0.39 is 6.04 Å². The van der Waals surface area contributed by atoms with Gasteiger partial charge in [-0.3, -0.25) is 4.79 Å². The molecule has 0 aromatic heterocycles. The van der Waals surface area contributed by atoms with Gasteiger partial charge in [-0.1, -0.05) is 30.3 Å². The summed E-state index contributed by atoms with van der Waals surface area (Å²) in [5, 5.41) is 2.76. The molecule has 1 aromatic carbocycles. The van der Waals surface area contributed by atoms with Gasteiger partial charge >= 0.3 is 0 Å². The number of nitrogens with two attached hydrogens (primary N) is 1. The van der Waals surface area contributed by atoms with Gasteiger partial charge in [-0.2, -0.15) is 0 Å². The largest absolute Gasteiger partial charge is 0.354 e. The van der Waals surface area contributed by atoms with Crippen LogP contribution >= 0.6 is 0 Å². The molecule has 1 atom stereocenters. The topological polar surface area (TPSA) is 55.1 Å². The Morgan fingerprint density at radius 1 is 1.44 bits per heavy atom. The fraction of sp³-hybridized carbons (Fsp3) is 0.308. The van der Waals surface area contributed by atoms with Gasteiger partial charge in [-0.05, 0) is 12.0 Å². The lowest BCUT2D eigenvalue weighted by Crippen LogP contribution is -2.41. The van der Waals surface area contributed by atoms with E-state index in [1.54, 1.807) is 0 Å². The number of rotatable bonds is 5. The quantitative estimate of drug-likeness (QED) is 0.712. The molecule has 0 bridgehead atoms. The number of terminal acetylenes is 1. The molecule has 1 aromatic rings. The van der Waals surface area contributed by atoms with Gasteiger partial charge in [0.05, 0.1) is 6.04 Å². The zero-order valence-corrected chi connectivity index (χ0v) is 9.15. The van der Waals surface area contributed by atoms with E-state index in [-0.39, 0.29) is 12.3 Å². The van der Waals surface area contributed by atoms with E-state index in [9.17, 15) is 4.79 Å². The van der Waals surface area contributed by atoms with E-state index in [1.165, 1.54) is 5.56 Å². The van der Waals surface area contributed by atoms with Crippen molar-refractivity contribution in [3.8, 4) is 12.3 Å². The number of hydrogen-bond acceptors (Lipinski definition) is 2. The minimum absolute atomic E-state index is 0.186. The second kappa shape index (κ2) is 6.65. The van der Waals surface area contributed by atoms with Gasteiger partial charge in [0.2, 0.25) is 5.91 Å². The van der Waals surface area contributed by atoms with Crippen molar-refractivity contribution in [3.63, 3.8) is 0 Å². The van der Waals surface area contributed by atoms with E-state index in [0.29, 0.717) is 6.54 Å². The van der Waals surface area contributed by atoms with Crippen LogP contribution in [0.5, 0.6) is 0 Å². The molecule has 1 unspecified atom stereocenters. The Kier molecular flexibility index (Phi) is 5.10. The number of amides is 1.